The maximum Gasteiger partial charge on any atom is 0.0382 e. The second kappa shape index (κ2) is 5.76. The van der Waals surface area contributed by atoms with E-state index in [1.54, 1.807) is 0 Å². The van der Waals surface area contributed by atoms with Gasteiger partial charge in [0.05, 0.1) is 0 Å². The highest BCUT2D eigenvalue weighted by molar-refractivity contribution is 7.99. The molecule has 2 heteroatoms. The Balaban J connectivity index is 1.90. The quantitative estimate of drug-likeness (QED) is 0.765. The van der Waals surface area contributed by atoms with Crippen LogP contribution < -0.4 is 5.32 Å². The summed E-state index contributed by atoms with van der Waals surface area (Å²) < 4.78 is 0. The first kappa shape index (κ1) is 13.3. The molecule has 0 spiro atoms. The summed E-state index contributed by atoms with van der Waals surface area (Å²) in [7, 11) is 0. The van der Waals surface area contributed by atoms with Crippen LogP contribution in [0.15, 0.2) is 70.5 Å². The van der Waals surface area contributed by atoms with Crippen LogP contribution >= 0.6 is 11.8 Å². The van der Waals surface area contributed by atoms with E-state index in [4.69, 9.17) is 0 Å². The van der Waals surface area contributed by atoms with Gasteiger partial charge in [0.15, 0.2) is 0 Å². The maximum absolute atomic E-state index is 3.56. The van der Waals surface area contributed by atoms with Crippen molar-refractivity contribution in [2.75, 3.05) is 5.32 Å². The third kappa shape index (κ3) is 2.61. The molecule has 1 aliphatic rings. The molecule has 2 unspecified atom stereocenters. The first-order valence-electron chi connectivity index (χ1n) is 7.04. The predicted octanol–water partition coefficient (Wildman–Crippen LogP) is 5.31. The van der Waals surface area contributed by atoms with Gasteiger partial charge < -0.3 is 5.32 Å². The predicted molar refractivity (Wildman–Crippen MR) is 87.6 cm³/mol. The first-order valence-corrected chi connectivity index (χ1v) is 7.86. The Morgan fingerprint density at radius 1 is 1.05 bits per heavy atom. The van der Waals surface area contributed by atoms with E-state index in [0.29, 0.717) is 12.0 Å². The Morgan fingerprint density at radius 3 is 2.60 bits per heavy atom. The van der Waals surface area contributed by atoms with Crippen molar-refractivity contribution in [3.8, 4) is 0 Å². The molecular formula is C18H19NS. The highest BCUT2D eigenvalue weighted by Gasteiger charge is 2.26. The van der Waals surface area contributed by atoms with Gasteiger partial charge in [0, 0.05) is 27.4 Å². The molecule has 0 saturated heterocycles. The lowest BCUT2D eigenvalue weighted by atomic mass is 9.96. The number of fused-ring (bicyclic) bond motifs is 1. The Morgan fingerprint density at radius 2 is 1.85 bits per heavy atom. The summed E-state index contributed by atoms with van der Waals surface area (Å²) in [5.74, 6) is 0.478. The van der Waals surface area contributed by atoms with Crippen LogP contribution in [0, 0.1) is 0 Å². The average Bonchev–Trinajstić information content (AvgIpc) is 2.77. The van der Waals surface area contributed by atoms with Crippen molar-refractivity contribution in [3.63, 3.8) is 0 Å². The second-order valence-electron chi connectivity index (χ2n) is 5.15. The summed E-state index contributed by atoms with van der Waals surface area (Å²) in [5.41, 5.74) is 2.69. The highest BCUT2D eigenvalue weighted by Crippen LogP contribution is 2.40. The van der Waals surface area contributed by atoms with Crippen LogP contribution in [0.25, 0.3) is 0 Å². The summed E-state index contributed by atoms with van der Waals surface area (Å²) in [4.78, 5) is 2.59. The lowest BCUT2D eigenvalue weighted by Crippen LogP contribution is -2.13. The minimum Gasteiger partial charge on any atom is -0.381 e. The molecule has 102 valence electrons. The van der Waals surface area contributed by atoms with Crippen LogP contribution in [0.5, 0.6) is 0 Å². The summed E-state index contributed by atoms with van der Waals surface area (Å²) in [6, 6.07) is 17.7. The van der Waals surface area contributed by atoms with Gasteiger partial charge in [-0.25, -0.2) is 0 Å². The maximum atomic E-state index is 3.56. The molecule has 0 aliphatic carbocycles. The molecule has 0 aromatic heterocycles. The number of benzene rings is 2. The molecule has 3 rings (SSSR count). The van der Waals surface area contributed by atoms with Crippen LogP contribution in [-0.2, 0) is 0 Å². The van der Waals surface area contributed by atoms with Crippen molar-refractivity contribution in [2.45, 2.75) is 35.6 Å². The molecule has 2 aromatic rings. The topological polar surface area (TPSA) is 12.0 Å². The van der Waals surface area contributed by atoms with Crippen molar-refractivity contribution in [3.05, 3.63) is 66.2 Å². The third-order valence-corrected chi connectivity index (χ3v) is 4.68. The molecule has 0 amide bonds. The van der Waals surface area contributed by atoms with E-state index in [2.05, 4.69) is 79.8 Å². The molecule has 1 nitrogen and oxygen atoms in total. The zero-order chi connectivity index (χ0) is 13.9. The lowest BCUT2D eigenvalue weighted by Gasteiger charge is -2.11. The van der Waals surface area contributed by atoms with Gasteiger partial charge in [0.25, 0.3) is 0 Å². The van der Waals surface area contributed by atoms with E-state index in [9.17, 15) is 0 Å². The number of allylic oxidation sites excluding steroid dienone is 1. The second-order valence-corrected chi connectivity index (χ2v) is 6.30. The molecule has 1 N–H and O–H groups in total. The fraction of sp³-hybridized carbons (Fsp3) is 0.222. The first-order chi connectivity index (χ1) is 9.78. The minimum atomic E-state index is 0.471. The molecule has 0 saturated carbocycles. The van der Waals surface area contributed by atoms with Crippen molar-refractivity contribution < 1.29 is 0 Å². The van der Waals surface area contributed by atoms with Gasteiger partial charge >= 0.3 is 0 Å². The summed E-state index contributed by atoms with van der Waals surface area (Å²) in [5, 5.41) is 3.56. The van der Waals surface area contributed by atoms with Crippen molar-refractivity contribution in [1.29, 1.82) is 0 Å². The number of anilines is 1. The average molecular weight is 281 g/mol. The van der Waals surface area contributed by atoms with Gasteiger partial charge in [0.2, 0.25) is 0 Å². The molecule has 1 heterocycles. The van der Waals surface area contributed by atoms with Crippen LogP contribution in [0.4, 0.5) is 5.69 Å². The smallest absolute Gasteiger partial charge is 0.0382 e. The van der Waals surface area contributed by atoms with Gasteiger partial charge in [0.1, 0.15) is 0 Å². The summed E-state index contributed by atoms with van der Waals surface area (Å²) >= 11 is 1.82. The standard InChI is InChI=1S/C18H19NS/c1-3-7-16-13(2)19-18-11-10-15(12-17(16)18)20-14-8-5-4-6-9-14/h3-13,16,19H,1-2H3/b7-3-. The van der Waals surface area contributed by atoms with E-state index in [-0.39, 0.29) is 0 Å². The molecule has 2 aromatic carbocycles. The molecule has 0 radical (unpaired) electrons. The molecular weight excluding hydrogens is 262 g/mol. The summed E-state index contributed by atoms with van der Waals surface area (Å²) in [6.45, 7) is 4.34. The molecule has 1 aliphatic heterocycles. The fourth-order valence-electron chi connectivity index (χ4n) is 2.72. The Labute approximate surface area is 125 Å². The van der Waals surface area contributed by atoms with Gasteiger partial charge in [-0.3, -0.25) is 0 Å². The van der Waals surface area contributed by atoms with Crippen LogP contribution in [0.1, 0.15) is 25.3 Å². The fourth-order valence-corrected chi connectivity index (χ4v) is 3.61. The van der Waals surface area contributed by atoms with Crippen LogP contribution in [-0.4, -0.2) is 6.04 Å². The Kier molecular flexibility index (Phi) is 3.83. The third-order valence-electron chi connectivity index (χ3n) is 3.68. The lowest BCUT2D eigenvalue weighted by molar-refractivity contribution is 0.747. The van der Waals surface area contributed by atoms with E-state index < -0.39 is 0 Å². The minimum absolute atomic E-state index is 0.471. The molecule has 0 bridgehead atoms. The number of hydrogen-bond donors (Lipinski definition) is 1. The van der Waals surface area contributed by atoms with Crippen LogP contribution in [0.3, 0.4) is 0 Å². The van der Waals surface area contributed by atoms with Crippen LogP contribution in [0.2, 0.25) is 0 Å². The number of rotatable bonds is 3. The van der Waals surface area contributed by atoms with Gasteiger partial charge in [-0.15, -0.1) is 0 Å². The van der Waals surface area contributed by atoms with Crippen molar-refractivity contribution in [2.24, 2.45) is 0 Å². The monoisotopic (exact) mass is 281 g/mol. The van der Waals surface area contributed by atoms with E-state index in [1.165, 1.54) is 21.0 Å². The largest absolute Gasteiger partial charge is 0.381 e. The van der Waals surface area contributed by atoms with Crippen molar-refractivity contribution >= 4 is 17.4 Å². The van der Waals surface area contributed by atoms with E-state index in [1.807, 2.05) is 11.8 Å². The normalized spacial score (nSPS) is 20.9. The van der Waals surface area contributed by atoms with Gasteiger partial charge in [-0.05, 0) is 49.7 Å². The van der Waals surface area contributed by atoms with E-state index >= 15 is 0 Å². The number of hydrogen-bond acceptors (Lipinski definition) is 2. The van der Waals surface area contributed by atoms with Crippen molar-refractivity contribution in [1.82, 2.24) is 0 Å². The molecule has 20 heavy (non-hydrogen) atoms. The Bertz CT molecular complexity index is 619. The SMILES string of the molecule is C/C=C\C1c2cc(Sc3ccccc3)ccc2NC1C. The van der Waals surface area contributed by atoms with Gasteiger partial charge in [-0.1, -0.05) is 42.1 Å². The summed E-state index contributed by atoms with van der Waals surface area (Å²) in [6.07, 6.45) is 4.44. The number of nitrogens with one attached hydrogen (secondary N) is 1. The van der Waals surface area contributed by atoms with E-state index in [0.717, 1.165) is 0 Å². The Hall–Kier alpha value is -1.67. The van der Waals surface area contributed by atoms with Gasteiger partial charge in [-0.2, -0.15) is 0 Å². The molecule has 2 atom stereocenters. The zero-order valence-corrected chi connectivity index (χ0v) is 12.7. The molecule has 0 fully saturated rings. The highest BCUT2D eigenvalue weighted by atomic mass is 32.2. The zero-order valence-electron chi connectivity index (χ0n) is 11.8.